The molecule has 0 aliphatic carbocycles. The number of rotatable bonds is 2. The molecule has 0 atom stereocenters. The molecule has 0 heterocycles. The van der Waals surface area contributed by atoms with E-state index in [1.165, 1.54) is 38.6 Å². The molecule has 0 radical (unpaired) electrons. The van der Waals surface area contributed by atoms with Gasteiger partial charge in [-0.05, 0) is 53.3 Å². The molecule has 0 saturated carbocycles. The lowest BCUT2D eigenvalue weighted by atomic mass is 9.89. The maximum absolute atomic E-state index is 2.33. The highest BCUT2D eigenvalue weighted by atomic mass is 14.1. The first kappa shape index (κ1) is 12.9. The van der Waals surface area contributed by atoms with Gasteiger partial charge in [0.2, 0.25) is 0 Å². The largest absolute Gasteiger partial charge is 0.0616 e. The number of benzene rings is 3. The Morgan fingerprint density at radius 1 is 0.850 bits per heavy atom. The lowest BCUT2D eigenvalue weighted by molar-refractivity contribution is 1.14. The second-order valence-electron chi connectivity index (χ2n) is 5.49. The van der Waals surface area contributed by atoms with Crippen LogP contribution in [0.25, 0.3) is 21.9 Å². The van der Waals surface area contributed by atoms with Crippen molar-refractivity contribution in [3.05, 3.63) is 71.3 Å². The van der Waals surface area contributed by atoms with Crippen LogP contribution in [0.15, 0.2) is 54.6 Å². The SMILES string of the molecule is CCc1ccc(C)cc1-c1c(C)ccc2ccccc12. The number of aryl methyl sites for hydroxylation is 3. The molecule has 0 amide bonds. The summed E-state index contributed by atoms with van der Waals surface area (Å²) in [6.45, 7) is 6.61. The summed E-state index contributed by atoms with van der Waals surface area (Å²) in [6.07, 6.45) is 1.07. The van der Waals surface area contributed by atoms with E-state index in [9.17, 15) is 0 Å². The van der Waals surface area contributed by atoms with Gasteiger partial charge in [-0.15, -0.1) is 0 Å². The second-order valence-corrected chi connectivity index (χ2v) is 5.49. The third-order valence-electron chi connectivity index (χ3n) is 4.05. The molecule has 0 aliphatic rings. The molecule has 0 bridgehead atoms. The standard InChI is InChI=1S/C20H20/c1-4-16-11-9-14(2)13-19(16)20-15(3)10-12-17-7-5-6-8-18(17)20/h5-13H,4H2,1-3H3. The van der Waals surface area contributed by atoms with E-state index in [0.717, 1.165) is 6.42 Å². The topological polar surface area (TPSA) is 0 Å². The number of hydrogen-bond acceptors (Lipinski definition) is 0. The van der Waals surface area contributed by atoms with E-state index in [1.54, 1.807) is 0 Å². The first-order valence-corrected chi connectivity index (χ1v) is 7.29. The van der Waals surface area contributed by atoms with Gasteiger partial charge in [-0.25, -0.2) is 0 Å². The molecule has 3 aromatic carbocycles. The third-order valence-corrected chi connectivity index (χ3v) is 4.05. The van der Waals surface area contributed by atoms with E-state index < -0.39 is 0 Å². The van der Waals surface area contributed by atoms with Crippen molar-refractivity contribution in [1.82, 2.24) is 0 Å². The van der Waals surface area contributed by atoms with Crippen molar-refractivity contribution < 1.29 is 0 Å². The van der Waals surface area contributed by atoms with Crippen LogP contribution in [-0.4, -0.2) is 0 Å². The fourth-order valence-corrected chi connectivity index (χ4v) is 2.97. The Hall–Kier alpha value is -2.08. The summed E-state index contributed by atoms with van der Waals surface area (Å²) in [7, 11) is 0. The van der Waals surface area contributed by atoms with Crippen LogP contribution in [-0.2, 0) is 6.42 Å². The van der Waals surface area contributed by atoms with E-state index in [-0.39, 0.29) is 0 Å². The first-order valence-electron chi connectivity index (χ1n) is 7.29. The van der Waals surface area contributed by atoms with Gasteiger partial charge >= 0.3 is 0 Å². The lowest BCUT2D eigenvalue weighted by Crippen LogP contribution is -1.93. The van der Waals surface area contributed by atoms with E-state index in [0.29, 0.717) is 0 Å². The summed E-state index contributed by atoms with van der Waals surface area (Å²) in [4.78, 5) is 0. The average Bonchev–Trinajstić information content (AvgIpc) is 2.47. The highest BCUT2D eigenvalue weighted by molar-refractivity contribution is 5.99. The van der Waals surface area contributed by atoms with Crippen molar-refractivity contribution in [2.24, 2.45) is 0 Å². The quantitative estimate of drug-likeness (QED) is 0.555. The predicted molar refractivity (Wildman–Crippen MR) is 88.2 cm³/mol. The van der Waals surface area contributed by atoms with Gasteiger partial charge < -0.3 is 0 Å². The fourth-order valence-electron chi connectivity index (χ4n) is 2.97. The zero-order valence-electron chi connectivity index (χ0n) is 12.4. The van der Waals surface area contributed by atoms with Gasteiger partial charge in [0.05, 0.1) is 0 Å². The maximum atomic E-state index is 2.33. The van der Waals surface area contributed by atoms with E-state index in [4.69, 9.17) is 0 Å². The van der Waals surface area contributed by atoms with Crippen LogP contribution in [0.2, 0.25) is 0 Å². The molecule has 0 aromatic heterocycles. The molecule has 0 fully saturated rings. The lowest BCUT2D eigenvalue weighted by Gasteiger charge is -2.15. The molecule has 0 heteroatoms. The smallest absolute Gasteiger partial charge is 0.00733 e. The van der Waals surface area contributed by atoms with Crippen molar-refractivity contribution in [1.29, 1.82) is 0 Å². The normalized spacial score (nSPS) is 10.9. The molecule has 0 N–H and O–H groups in total. The monoisotopic (exact) mass is 260 g/mol. The highest BCUT2D eigenvalue weighted by Gasteiger charge is 2.10. The van der Waals surface area contributed by atoms with Crippen molar-refractivity contribution in [2.45, 2.75) is 27.2 Å². The second kappa shape index (κ2) is 5.13. The molecule has 0 saturated heterocycles. The first-order chi connectivity index (χ1) is 9.70. The predicted octanol–water partition coefficient (Wildman–Crippen LogP) is 5.69. The summed E-state index contributed by atoms with van der Waals surface area (Å²) in [6, 6.07) is 19.9. The summed E-state index contributed by atoms with van der Waals surface area (Å²) in [5.74, 6) is 0. The van der Waals surface area contributed by atoms with Crippen LogP contribution >= 0.6 is 0 Å². The minimum atomic E-state index is 1.07. The van der Waals surface area contributed by atoms with E-state index in [1.807, 2.05) is 0 Å². The fraction of sp³-hybridized carbons (Fsp3) is 0.200. The Morgan fingerprint density at radius 3 is 2.45 bits per heavy atom. The van der Waals surface area contributed by atoms with Crippen molar-refractivity contribution >= 4 is 10.8 Å². The molecule has 3 aromatic rings. The van der Waals surface area contributed by atoms with Gasteiger partial charge in [0.15, 0.2) is 0 Å². The Morgan fingerprint density at radius 2 is 1.65 bits per heavy atom. The Bertz CT molecular complexity index is 766. The number of fused-ring (bicyclic) bond motifs is 1. The van der Waals surface area contributed by atoms with Crippen molar-refractivity contribution in [3.63, 3.8) is 0 Å². The summed E-state index contributed by atoms with van der Waals surface area (Å²) in [5.41, 5.74) is 6.88. The maximum Gasteiger partial charge on any atom is -0.00733 e. The average molecular weight is 260 g/mol. The zero-order valence-corrected chi connectivity index (χ0v) is 12.4. The molecule has 0 unspecified atom stereocenters. The summed E-state index contributed by atoms with van der Waals surface area (Å²) < 4.78 is 0. The van der Waals surface area contributed by atoms with Crippen LogP contribution in [0, 0.1) is 13.8 Å². The number of hydrogen-bond donors (Lipinski definition) is 0. The molecule has 100 valence electrons. The summed E-state index contributed by atoms with van der Waals surface area (Å²) in [5, 5.41) is 2.67. The van der Waals surface area contributed by atoms with Gasteiger partial charge in [-0.3, -0.25) is 0 Å². The molecule has 20 heavy (non-hydrogen) atoms. The molecule has 0 aliphatic heterocycles. The Balaban J connectivity index is 2.40. The summed E-state index contributed by atoms with van der Waals surface area (Å²) >= 11 is 0. The molecular formula is C20H20. The van der Waals surface area contributed by atoms with Gasteiger partial charge in [0.25, 0.3) is 0 Å². The van der Waals surface area contributed by atoms with Gasteiger partial charge in [0.1, 0.15) is 0 Å². The Labute approximate surface area is 121 Å². The molecule has 0 spiro atoms. The van der Waals surface area contributed by atoms with Crippen LogP contribution < -0.4 is 0 Å². The van der Waals surface area contributed by atoms with Crippen molar-refractivity contribution in [2.75, 3.05) is 0 Å². The minimum Gasteiger partial charge on any atom is -0.0616 e. The van der Waals surface area contributed by atoms with Crippen LogP contribution in [0.3, 0.4) is 0 Å². The minimum absolute atomic E-state index is 1.07. The van der Waals surface area contributed by atoms with Crippen LogP contribution in [0.1, 0.15) is 23.6 Å². The van der Waals surface area contributed by atoms with Crippen LogP contribution in [0.4, 0.5) is 0 Å². The Kier molecular flexibility index (Phi) is 3.31. The van der Waals surface area contributed by atoms with Gasteiger partial charge in [0, 0.05) is 0 Å². The van der Waals surface area contributed by atoms with Crippen molar-refractivity contribution in [3.8, 4) is 11.1 Å². The third kappa shape index (κ3) is 2.12. The van der Waals surface area contributed by atoms with E-state index >= 15 is 0 Å². The molecular weight excluding hydrogens is 240 g/mol. The zero-order chi connectivity index (χ0) is 14.1. The van der Waals surface area contributed by atoms with Gasteiger partial charge in [-0.2, -0.15) is 0 Å². The van der Waals surface area contributed by atoms with Gasteiger partial charge in [-0.1, -0.05) is 67.1 Å². The molecule has 3 rings (SSSR count). The van der Waals surface area contributed by atoms with Crippen LogP contribution in [0.5, 0.6) is 0 Å². The molecule has 0 nitrogen and oxygen atoms in total. The highest BCUT2D eigenvalue weighted by Crippen LogP contribution is 2.34. The van der Waals surface area contributed by atoms with E-state index in [2.05, 4.69) is 75.4 Å².